The Hall–Kier alpha value is -3.06. The van der Waals surface area contributed by atoms with E-state index in [4.69, 9.17) is 9.47 Å². The van der Waals surface area contributed by atoms with E-state index < -0.39 is 0 Å². The summed E-state index contributed by atoms with van der Waals surface area (Å²) in [5.74, 6) is 0.992. The lowest BCUT2D eigenvalue weighted by atomic mass is 10.1. The minimum atomic E-state index is -0.266. The van der Waals surface area contributed by atoms with Gasteiger partial charge in [-0.15, -0.1) is 0 Å². The van der Waals surface area contributed by atoms with Crippen LogP contribution in [0.15, 0.2) is 36.4 Å². The lowest BCUT2D eigenvalue weighted by molar-refractivity contribution is -0.121. The molecule has 30 heavy (non-hydrogen) atoms. The third-order valence-electron chi connectivity index (χ3n) is 4.88. The van der Waals surface area contributed by atoms with Crippen LogP contribution in [0.25, 0.3) is 0 Å². The molecule has 0 unspecified atom stereocenters. The Labute approximate surface area is 177 Å². The van der Waals surface area contributed by atoms with E-state index in [-0.39, 0.29) is 25.0 Å². The highest BCUT2D eigenvalue weighted by atomic mass is 16.5. The molecule has 0 saturated heterocycles. The molecular weight excluding hydrogens is 382 g/mol. The van der Waals surface area contributed by atoms with Gasteiger partial charge in [0.25, 0.3) is 11.8 Å². The number of nitrogens with zero attached hydrogens (tertiary/aromatic N) is 2. The van der Waals surface area contributed by atoms with Gasteiger partial charge in [-0.25, -0.2) is 0 Å². The summed E-state index contributed by atoms with van der Waals surface area (Å²) >= 11 is 0. The van der Waals surface area contributed by atoms with Gasteiger partial charge in [0.15, 0.2) is 13.2 Å². The number of rotatable bonds is 8. The number of benzene rings is 2. The van der Waals surface area contributed by atoms with Gasteiger partial charge >= 0.3 is 0 Å². The molecule has 7 nitrogen and oxygen atoms in total. The first-order valence-corrected chi connectivity index (χ1v) is 10.1. The van der Waals surface area contributed by atoms with Crippen molar-refractivity contribution in [2.75, 3.05) is 50.6 Å². The predicted molar refractivity (Wildman–Crippen MR) is 118 cm³/mol. The quantitative estimate of drug-likeness (QED) is 0.723. The third kappa shape index (κ3) is 5.51. The largest absolute Gasteiger partial charge is 0.483 e. The maximum atomic E-state index is 12.4. The molecule has 0 spiro atoms. The van der Waals surface area contributed by atoms with Gasteiger partial charge in [-0.3, -0.25) is 9.59 Å². The van der Waals surface area contributed by atoms with Crippen LogP contribution >= 0.6 is 0 Å². The summed E-state index contributed by atoms with van der Waals surface area (Å²) in [5, 5.41) is 2.84. The van der Waals surface area contributed by atoms with Crippen LogP contribution < -0.4 is 19.7 Å². The normalized spacial score (nSPS) is 13.1. The zero-order chi connectivity index (χ0) is 21.7. The zero-order valence-corrected chi connectivity index (χ0v) is 18.0. The molecule has 1 N–H and O–H groups in total. The first kappa shape index (κ1) is 21.6. The smallest absolute Gasteiger partial charge is 0.265 e. The second kappa shape index (κ2) is 9.63. The molecule has 0 saturated carbocycles. The first-order valence-electron chi connectivity index (χ1n) is 10.1. The molecule has 0 atom stereocenters. The van der Waals surface area contributed by atoms with Crippen LogP contribution in [0.2, 0.25) is 0 Å². The Kier molecular flexibility index (Phi) is 6.95. The molecule has 0 radical (unpaired) electrons. The summed E-state index contributed by atoms with van der Waals surface area (Å²) in [6, 6.07) is 11.2. The minimum Gasteiger partial charge on any atom is -0.483 e. The van der Waals surface area contributed by atoms with Crippen molar-refractivity contribution < 1.29 is 19.1 Å². The summed E-state index contributed by atoms with van der Waals surface area (Å²) in [5.41, 5.74) is 3.33. The second-order valence-electron chi connectivity index (χ2n) is 7.78. The Morgan fingerprint density at radius 1 is 1.20 bits per heavy atom. The van der Waals surface area contributed by atoms with Gasteiger partial charge in [0.1, 0.15) is 11.5 Å². The van der Waals surface area contributed by atoms with Gasteiger partial charge in [-0.1, -0.05) is 12.1 Å². The van der Waals surface area contributed by atoms with Gasteiger partial charge in [0.2, 0.25) is 0 Å². The summed E-state index contributed by atoms with van der Waals surface area (Å²) in [6.45, 7) is 5.34. The van der Waals surface area contributed by atoms with Gasteiger partial charge in [0, 0.05) is 12.2 Å². The Bertz CT molecular complexity index is 927. The number of carbonyl (C=O) groups is 2. The van der Waals surface area contributed by atoms with Crippen LogP contribution in [0.1, 0.15) is 17.5 Å². The Balaban J connectivity index is 1.65. The fourth-order valence-electron chi connectivity index (χ4n) is 3.27. The van der Waals surface area contributed by atoms with Gasteiger partial charge in [0.05, 0.1) is 5.69 Å². The average Bonchev–Trinajstić information content (AvgIpc) is 2.70. The Morgan fingerprint density at radius 3 is 2.77 bits per heavy atom. The number of fused-ring (bicyclic) bond motifs is 1. The summed E-state index contributed by atoms with van der Waals surface area (Å²) in [4.78, 5) is 28.6. The zero-order valence-electron chi connectivity index (χ0n) is 18.0. The number of anilines is 2. The SMILES string of the molecule is Cc1ccc(C)c(OCC(=O)Nc2ccc3c(c2)N(CCCN(C)C)C(=O)CO3)c1. The van der Waals surface area contributed by atoms with Crippen molar-refractivity contribution in [3.8, 4) is 11.5 Å². The van der Waals surface area contributed by atoms with Crippen LogP contribution in [-0.4, -0.2) is 57.1 Å². The number of nitrogens with one attached hydrogen (secondary N) is 1. The fourth-order valence-corrected chi connectivity index (χ4v) is 3.27. The van der Waals surface area contributed by atoms with E-state index in [1.165, 1.54) is 0 Å². The van der Waals surface area contributed by atoms with Crippen molar-refractivity contribution in [1.82, 2.24) is 4.90 Å². The fraction of sp³-hybridized carbons (Fsp3) is 0.391. The van der Waals surface area contributed by atoms with E-state index in [1.807, 2.05) is 46.1 Å². The Morgan fingerprint density at radius 2 is 2.00 bits per heavy atom. The summed E-state index contributed by atoms with van der Waals surface area (Å²) in [6.07, 6.45) is 0.846. The molecule has 1 heterocycles. The predicted octanol–water partition coefficient (Wildman–Crippen LogP) is 3.00. The van der Waals surface area contributed by atoms with Crippen LogP contribution in [0.4, 0.5) is 11.4 Å². The number of carbonyl (C=O) groups excluding carboxylic acids is 2. The molecule has 160 valence electrons. The highest BCUT2D eigenvalue weighted by Crippen LogP contribution is 2.34. The number of hydrogen-bond donors (Lipinski definition) is 1. The van der Waals surface area contributed by atoms with E-state index in [1.54, 1.807) is 23.1 Å². The molecule has 0 aliphatic carbocycles. The summed E-state index contributed by atoms with van der Waals surface area (Å²) in [7, 11) is 4.01. The molecule has 2 aromatic rings. The minimum absolute atomic E-state index is 0.0321. The summed E-state index contributed by atoms with van der Waals surface area (Å²) < 4.78 is 11.2. The van der Waals surface area contributed by atoms with Crippen molar-refractivity contribution in [2.45, 2.75) is 20.3 Å². The van der Waals surface area contributed by atoms with E-state index in [2.05, 4.69) is 10.2 Å². The number of amides is 2. The van der Waals surface area contributed by atoms with Crippen molar-refractivity contribution in [3.63, 3.8) is 0 Å². The molecular formula is C23H29N3O4. The van der Waals surface area contributed by atoms with E-state index in [0.717, 1.165) is 24.1 Å². The highest BCUT2D eigenvalue weighted by molar-refractivity contribution is 5.99. The molecule has 1 aliphatic heterocycles. The van der Waals surface area contributed by atoms with Crippen molar-refractivity contribution in [3.05, 3.63) is 47.5 Å². The molecule has 1 aliphatic rings. The van der Waals surface area contributed by atoms with E-state index >= 15 is 0 Å². The molecule has 2 aromatic carbocycles. The van der Waals surface area contributed by atoms with Gasteiger partial charge in [-0.2, -0.15) is 0 Å². The monoisotopic (exact) mass is 411 g/mol. The first-order chi connectivity index (χ1) is 14.3. The van der Waals surface area contributed by atoms with Crippen LogP contribution in [0.3, 0.4) is 0 Å². The lowest BCUT2D eigenvalue weighted by Crippen LogP contribution is -2.40. The molecule has 0 aromatic heterocycles. The van der Waals surface area contributed by atoms with Gasteiger partial charge < -0.3 is 24.6 Å². The number of hydrogen-bond acceptors (Lipinski definition) is 5. The van der Waals surface area contributed by atoms with Gasteiger partial charge in [-0.05, 0) is 76.3 Å². The standard InChI is InChI=1S/C23H29N3O4/c1-16-6-7-17(2)21(12-16)29-14-22(27)24-18-8-9-20-19(13-18)26(23(28)15-30-20)11-5-10-25(3)4/h6-9,12-13H,5,10-11,14-15H2,1-4H3,(H,24,27). The van der Waals surface area contributed by atoms with Crippen LogP contribution in [-0.2, 0) is 9.59 Å². The second-order valence-corrected chi connectivity index (χ2v) is 7.78. The van der Waals surface area contributed by atoms with Crippen molar-refractivity contribution >= 4 is 23.2 Å². The molecule has 0 bridgehead atoms. The number of aryl methyl sites for hydroxylation is 2. The molecule has 2 amide bonds. The molecule has 3 rings (SSSR count). The molecule has 7 heteroatoms. The maximum Gasteiger partial charge on any atom is 0.265 e. The number of ether oxygens (including phenoxy) is 2. The third-order valence-corrected chi connectivity index (χ3v) is 4.88. The van der Waals surface area contributed by atoms with E-state index in [0.29, 0.717) is 29.4 Å². The van der Waals surface area contributed by atoms with Crippen LogP contribution in [0.5, 0.6) is 11.5 Å². The maximum absolute atomic E-state index is 12.4. The highest BCUT2D eigenvalue weighted by Gasteiger charge is 2.25. The average molecular weight is 412 g/mol. The topological polar surface area (TPSA) is 71.1 Å². The van der Waals surface area contributed by atoms with E-state index in [9.17, 15) is 9.59 Å². The van der Waals surface area contributed by atoms with Crippen molar-refractivity contribution in [1.29, 1.82) is 0 Å². The van der Waals surface area contributed by atoms with Crippen LogP contribution in [0, 0.1) is 13.8 Å². The molecule has 0 fully saturated rings. The van der Waals surface area contributed by atoms with Crippen molar-refractivity contribution in [2.24, 2.45) is 0 Å². The lowest BCUT2D eigenvalue weighted by Gasteiger charge is -2.30.